The summed E-state index contributed by atoms with van der Waals surface area (Å²) < 4.78 is 8.28. The molecule has 3 heterocycles. The van der Waals surface area contributed by atoms with Crippen LogP contribution in [0.1, 0.15) is 6.92 Å². The van der Waals surface area contributed by atoms with Crippen molar-refractivity contribution >= 4 is 48.3 Å². The van der Waals surface area contributed by atoms with Gasteiger partial charge in [0.25, 0.3) is 0 Å². The third kappa shape index (κ3) is 3.13. The molecule has 1 saturated heterocycles. The number of carbonyl (C=O) groups is 1. The van der Waals surface area contributed by atoms with Crippen molar-refractivity contribution in [2.45, 2.75) is 17.7 Å². The van der Waals surface area contributed by atoms with E-state index in [0.717, 1.165) is 35.1 Å². The molecular weight excluding hydrogens is 451 g/mol. The van der Waals surface area contributed by atoms with Gasteiger partial charge in [-0.05, 0) is 0 Å². The molecule has 0 radical (unpaired) electrons. The summed E-state index contributed by atoms with van der Waals surface area (Å²) in [6, 6.07) is 19.2. The first kappa shape index (κ1) is 18.9. The molecule has 3 aromatic carbocycles. The van der Waals surface area contributed by atoms with Crippen LogP contribution >= 0.6 is 0 Å². The Bertz CT molecular complexity index is 1230. The molecule has 2 N–H and O–H groups in total. The van der Waals surface area contributed by atoms with Gasteiger partial charge < -0.3 is 0 Å². The predicted octanol–water partition coefficient (Wildman–Crippen LogP) is 1.99. The number of ether oxygens (including phenoxy) is 1. The molecule has 156 valence electrons. The second kappa shape index (κ2) is 7.40. The molecule has 3 aromatic rings. The molecule has 0 spiro atoms. The van der Waals surface area contributed by atoms with Crippen molar-refractivity contribution in [3.63, 3.8) is 0 Å². The van der Waals surface area contributed by atoms with Gasteiger partial charge in [-0.3, -0.25) is 0 Å². The van der Waals surface area contributed by atoms with E-state index >= 15 is 0 Å². The molecule has 1 amide bonds. The molecule has 0 aliphatic carbocycles. The first-order chi connectivity index (χ1) is 15.2. The molecule has 0 bridgehead atoms. The number of hydrogen-bond donors (Lipinski definition) is 2. The third-order valence-electron chi connectivity index (χ3n) is 6.28. The molecule has 3 aliphatic rings. The number of rotatable bonds is 3. The number of fused-ring (bicyclic) bond motifs is 4. The van der Waals surface area contributed by atoms with Crippen LogP contribution in [-0.4, -0.2) is 53.2 Å². The Morgan fingerprint density at radius 1 is 1.10 bits per heavy atom. The Kier molecular flexibility index (Phi) is 4.51. The van der Waals surface area contributed by atoms with Crippen molar-refractivity contribution < 1.29 is 9.53 Å². The van der Waals surface area contributed by atoms with E-state index in [0.29, 0.717) is 6.61 Å². The number of amides is 1. The van der Waals surface area contributed by atoms with Gasteiger partial charge in [-0.1, -0.05) is 0 Å². The van der Waals surface area contributed by atoms with E-state index in [-0.39, 0.29) is 27.7 Å². The fourth-order valence-electron chi connectivity index (χ4n) is 4.48. The molecule has 6 rings (SSSR count). The summed E-state index contributed by atoms with van der Waals surface area (Å²) in [6.07, 6.45) is 0. The topological polar surface area (TPSA) is 66.0 Å². The van der Waals surface area contributed by atoms with E-state index in [1.807, 2.05) is 11.8 Å². The van der Waals surface area contributed by atoms with Crippen molar-refractivity contribution in [2.75, 3.05) is 24.6 Å². The first-order valence-corrected chi connectivity index (χ1v) is 12.9. The van der Waals surface area contributed by atoms with E-state index in [9.17, 15) is 4.79 Å². The number of nitrogens with zero attached hydrogens (tertiary/aromatic N) is 2. The SMILES string of the molecule is CC1C(=O)NN=C2COc3cc(-c4cccc5ccccc45)c([AsH]C4CNC4)cc3N21. The zero-order valence-electron chi connectivity index (χ0n) is 17.2. The number of hydrazone groups is 1. The average Bonchev–Trinajstić information content (AvgIpc) is 2.77. The summed E-state index contributed by atoms with van der Waals surface area (Å²) in [7, 11) is 0. The Morgan fingerprint density at radius 3 is 2.77 bits per heavy atom. The summed E-state index contributed by atoms with van der Waals surface area (Å²) >= 11 is -0.370. The van der Waals surface area contributed by atoms with Crippen molar-refractivity contribution in [3.05, 3.63) is 54.6 Å². The van der Waals surface area contributed by atoms with E-state index in [1.165, 1.54) is 26.3 Å². The van der Waals surface area contributed by atoms with Crippen LogP contribution in [0, 0.1) is 0 Å². The Labute approximate surface area is 187 Å². The second-order valence-corrected chi connectivity index (χ2v) is 11.7. The molecular formula is C24H23AsN4O2. The van der Waals surface area contributed by atoms with E-state index in [4.69, 9.17) is 4.74 Å². The van der Waals surface area contributed by atoms with Gasteiger partial charge in [0.05, 0.1) is 0 Å². The number of hydrogen-bond acceptors (Lipinski definition) is 5. The number of benzene rings is 3. The number of carbonyl (C=O) groups excluding carboxylic acids is 1. The molecule has 31 heavy (non-hydrogen) atoms. The van der Waals surface area contributed by atoms with Gasteiger partial charge in [0.15, 0.2) is 0 Å². The predicted molar refractivity (Wildman–Crippen MR) is 126 cm³/mol. The zero-order chi connectivity index (χ0) is 20.9. The molecule has 1 fully saturated rings. The van der Waals surface area contributed by atoms with Gasteiger partial charge in [0.2, 0.25) is 0 Å². The quantitative estimate of drug-likeness (QED) is 0.570. The fraction of sp³-hybridized carbons (Fsp3) is 0.250. The molecule has 0 saturated carbocycles. The maximum atomic E-state index is 12.3. The van der Waals surface area contributed by atoms with Crippen LogP contribution in [0.3, 0.4) is 0 Å². The van der Waals surface area contributed by atoms with Gasteiger partial charge in [0.1, 0.15) is 0 Å². The van der Waals surface area contributed by atoms with Crippen LogP contribution in [0.25, 0.3) is 21.9 Å². The molecule has 3 aliphatic heterocycles. The zero-order valence-corrected chi connectivity index (χ0v) is 19.3. The minimum absolute atomic E-state index is 0.0875. The monoisotopic (exact) mass is 474 g/mol. The molecule has 2 unspecified atom stereocenters. The van der Waals surface area contributed by atoms with Gasteiger partial charge >= 0.3 is 187 Å². The summed E-state index contributed by atoms with van der Waals surface area (Å²) in [5.74, 6) is 1.50. The summed E-state index contributed by atoms with van der Waals surface area (Å²) in [6.45, 7) is 4.47. The van der Waals surface area contributed by atoms with Crippen LogP contribution < -0.4 is 24.7 Å². The summed E-state index contributed by atoms with van der Waals surface area (Å²) in [4.78, 5) is 14.4. The third-order valence-corrected chi connectivity index (χ3v) is 9.51. The van der Waals surface area contributed by atoms with Crippen molar-refractivity contribution in [2.24, 2.45) is 5.10 Å². The van der Waals surface area contributed by atoms with Gasteiger partial charge in [-0.15, -0.1) is 0 Å². The molecule has 0 aromatic heterocycles. The van der Waals surface area contributed by atoms with E-state index < -0.39 is 0 Å². The molecule has 6 nitrogen and oxygen atoms in total. The minimum atomic E-state index is -0.370. The van der Waals surface area contributed by atoms with Gasteiger partial charge in [0, 0.05) is 0 Å². The molecule has 7 heteroatoms. The van der Waals surface area contributed by atoms with E-state index in [1.54, 1.807) is 0 Å². The standard InChI is InChI=1S/C24H23AsN4O2/c1-14-24(30)28-27-23-13-31-22-9-19(18-8-4-6-15-5-2-3-7-17(15)18)20(10-21(22)29(14)23)25-16-11-26-12-16/h2-10,14,16,25-26H,11-13H2,1H3,(H,28,30). The van der Waals surface area contributed by atoms with Gasteiger partial charge in [-0.25, -0.2) is 0 Å². The number of amidine groups is 1. The van der Waals surface area contributed by atoms with Crippen LogP contribution in [0.5, 0.6) is 5.75 Å². The maximum absolute atomic E-state index is 12.3. The number of nitrogens with one attached hydrogen (secondary N) is 2. The Hall–Kier alpha value is -2.82. The van der Waals surface area contributed by atoms with Crippen molar-refractivity contribution in [1.82, 2.24) is 10.7 Å². The Morgan fingerprint density at radius 2 is 1.94 bits per heavy atom. The fourth-order valence-corrected chi connectivity index (χ4v) is 7.66. The Balaban J connectivity index is 1.54. The normalized spacial score (nSPS) is 20.7. The summed E-state index contributed by atoms with van der Waals surface area (Å²) in [5.41, 5.74) is 6.08. The van der Waals surface area contributed by atoms with Crippen molar-refractivity contribution in [1.29, 1.82) is 0 Å². The molecule has 2 atom stereocenters. The first-order valence-electron chi connectivity index (χ1n) is 10.6. The average molecular weight is 474 g/mol. The van der Waals surface area contributed by atoms with Crippen LogP contribution in [0.2, 0.25) is 4.71 Å². The van der Waals surface area contributed by atoms with Crippen LogP contribution in [0.4, 0.5) is 5.69 Å². The van der Waals surface area contributed by atoms with E-state index in [2.05, 4.69) is 70.4 Å². The second-order valence-electron chi connectivity index (χ2n) is 8.23. The van der Waals surface area contributed by atoms with Gasteiger partial charge in [-0.2, -0.15) is 0 Å². The summed E-state index contributed by atoms with van der Waals surface area (Å²) in [5, 5.41) is 10.2. The van der Waals surface area contributed by atoms with Crippen molar-refractivity contribution in [3.8, 4) is 16.9 Å². The number of anilines is 1. The van der Waals surface area contributed by atoms with Crippen LogP contribution in [-0.2, 0) is 4.79 Å². The van der Waals surface area contributed by atoms with Crippen LogP contribution in [0.15, 0.2) is 59.7 Å².